The normalized spacial score (nSPS) is 26.0. The van der Waals surface area contributed by atoms with E-state index in [2.05, 4.69) is 26.1 Å². The molecule has 0 heterocycles. The van der Waals surface area contributed by atoms with Gasteiger partial charge in [0.1, 0.15) is 0 Å². The van der Waals surface area contributed by atoms with Crippen LogP contribution >= 0.6 is 0 Å². The molecule has 16 heavy (non-hydrogen) atoms. The molecule has 0 aromatic carbocycles. The fourth-order valence-corrected chi connectivity index (χ4v) is 1.74. The van der Waals surface area contributed by atoms with Crippen LogP contribution in [0.1, 0.15) is 33.6 Å². The number of nitrogens with one attached hydrogen (secondary N) is 1. The Morgan fingerprint density at radius 3 is 2.19 bits per heavy atom. The first kappa shape index (κ1) is 13.0. The maximum Gasteiger partial charge on any atom is 0.307 e. The van der Waals surface area contributed by atoms with Crippen molar-refractivity contribution in [1.82, 2.24) is 5.32 Å². The van der Waals surface area contributed by atoms with E-state index < -0.39 is 11.9 Å². The van der Waals surface area contributed by atoms with Gasteiger partial charge in [0.25, 0.3) is 0 Å². The second kappa shape index (κ2) is 5.32. The van der Waals surface area contributed by atoms with E-state index in [0.717, 1.165) is 0 Å². The van der Waals surface area contributed by atoms with E-state index in [1.54, 1.807) is 0 Å². The number of amides is 1. The van der Waals surface area contributed by atoms with E-state index in [-0.39, 0.29) is 11.8 Å². The molecular formula is C12H21NO3. The highest BCUT2D eigenvalue weighted by molar-refractivity contribution is 5.86. The average molecular weight is 227 g/mol. The third-order valence-corrected chi connectivity index (χ3v) is 3.66. The van der Waals surface area contributed by atoms with Crippen molar-refractivity contribution in [3.8, 4) is 0 Å². The first-order valence-corrected chi connectivity index (χ1v) is 5.94. The number of carboxylic acids is 1. The molecule has 1 aliphatic carbocycles. The van der Waals surface area contributed by atoms with Gasteiger partial charge < -0.3 is 10.4 Å². The predicted octanol–water partition coefficient (Wildman–Crippen LogP) is 1.51. The molecule has 0 aliphatic heterocycles. The Morgan fingerprint density at radius 2 is 1.81 bits per heavy atom. The van der Waals surface area contributed by atoms with Gasteiger partial charge in [0.05, 0.1) is 11.8 Å². The lowest BCUT2D eigenvalue weighted by Gasteiger charge is -2.32. The van der Waals surface area contributed by atoms with Gasteiger partial charge in [-0.15, -0.1) is 0 Å². The molecule has 3 unspecified atom stereocenters. The molecule has 1 amide bonds. The van der Waals surface area contributed by atoms with Gasteiger partial charge in [0, 0.05) is 6.54 Å². The van der Waals surface area contributed by atoms with E-state index in [9.17, 15) is 9.59 Å². The average Bonchev–Trinajstić information content (AvgIpc) is 2.10. The summed E-state index contributed by atoms with van der Waals surface area (Å²) in [5, 5.41) is 11.7. The van der Waals surface area contributed by atoms with Crippen LogP contribution in [0.2, 0.25) is 0 Å². The van der Waals surface area contributed by atoms with Gasteiger partial charge in [-0.05, 0) is 24.7 Å². The van der Waals surface area contributed by atoms with Crippen LogP contribution in [0.15, 0.2) is 0 Å². The van der Waals surface area contributed by atoms with Crippen LogP contribution in [0.25, 0.3) is 0 Å². The second-order valence-corrected chi connectivity index (χ2v) is 5.10. The van der Waals surface area contributed by atoms with E-state index in [1.165, 1.54) is 0 Å². The molecular weight excluding hydrogens is 206 g/mol. The fraction of sp³-hybridized carbons (Fsp3) is 0.833. The molecule has 0 spiro atoms. The lowest BCUT2D eigenvalue weighted by Crippen LogP contribution is -2.45. The Hall–Kier alpha value is -1.06. The zero-order valence-corrected chi connectivity index (χ0v) is 10.2. The van der Waals surface area contributed by atoms with Crippen LogP contribution in [0.5, 0.6) is 0 Å². The van der Waals surface area contributed by atoms with Crippen LogP contribution in [0.4, 0.5) is 0 Å². The van der Waals surface area contributed by atoms with Gasteiger partial charge in [0.15, 0.2) is 0 Å². The molecule has 1 rings (SSSR count). The fourth-order valence-electron chi connectivity index (χ4n) is 1.74. The quantitative estimate of drug-likeness (QED) is 0.748. The minimum Gasteiger partial charge on any atom is -0.481 e. The van der Waals surface area contributed by atoms with Gasteiger partial charge >= 0.3 is 5.97 Å². The summed E-state index contributed by atoms with van der Waals surface area (Å²) in [6.07, 6.45) is 1.34. The number of rotatable bonds is 5. The third-order valence-electron chi connectivity index (χ3n) is 3.66. The van der Waals surface area contributed by atoms with Gasteiger partial charge in [-0.2, -0.15) is 0 Å². The van der Waals surface area contributed by atoms with Gasteiger partial charge in [-0.3, -0.25) is 9.59 Å². The van der Waals surface area contributed by atoms with Crippen molar-refractivity contribution < 1.29 is 14.7 Å². The maximum absolute atomic E-state index is 11.7. The van der Waals surface area contributed by atoms with Crippen molar-refractivity contribution in [1.29, 1.82) is 0 Å². The summed E-state index contributed by atoms with van der Waals surface area (Å²) in [4.78, 5) is 22.5. The monoisotopic (exact) mass is 227 g/mol. The van der Waals surface area contributed by atoms with Crippen LogP contribution < -0.4 is 5.32 Å². The first-order chi connectivity index (χ1) is 7.43. The molecule has 0 saturated heterocycles. The minimum atomic E-state index is -0.844. The summed E-state index contributed by atoms with van der Waals surface area (Å²) in [6, 6.07) is 0. The van der Waals surface area contributed by atoms with Gasteiger partial charge in [-0.1, -0.05) is 20.8 Å². The van der Waals surface area contributed by atoms with Crippen LogP contribution in [-0.2, 0) is 9.59 Å². The molecule has 0 aromatic rings. The molecule has 1 saturated carbocycles. The summed E-state index contributed by atoms with van der Waals surface area (Å²) in [5.41, 5.74) is 0. The maximum atomic E-state index is 11.7. The van der Waals surface area contributed by atoms with E-state index in [0.29, 0.717) is 31.2 Å². The number of carbonyl (C=O) groups excluding carboxylic acids is 1. The summed E-state index contributed by atoms with van der Waals surface area (Å²) < 4.78 is 0. The van der Waals surface area contributed by atoms with Crippen molar-refractivity contribution in [3.63, 3.8) is 0 Å². The minimum absolute atomic E-state index is 0.0915. The summed E-state index contributed by atoms with van der Waals surface area (Å²) in [6.45, 7) is 6.94. The second-order valence-electron chi connectivity index (χ2n) is 5.10. The van der Waals surface area contributed by atoms with Crippen molar-refractivity contribution in [2.45, 2.75) is 33.6 Å². The van der Waals surface area contributed by atoms with E-state index >= 15 is 0 Å². The molecule has 1 fully saturated rings. The molecule has 4 nitrogen and oxygen atoms in total. The zero-order chi connectivity index (χ0) is 12.3. The van der Waals surface area contributed by atoms with Crippen LogP contribution in [0.3, 0.4) is 0 Å². The zero-order valence-electron chi connectivity index (χ0n) is 10.2. The summed E-state index contributed by atoms with van der Waals surface area (Å²) in [5.74, 6) is -0.759. The van der Waals surface area contributed by atoms with Crippen LogP contribution in [-0.4, -0.2) is 23.5 Å². The molecule has 0 aromatic heterocycles. The molecule has 92 valence electrons. The Balaban J connectivity index is 2.33. The first-order valence-electron chi connectivity index (χ1n) is 5.94. The smallest absolute Gasteiger partial charge is 0.307 e. The highest BCUT2D eigenvalue weighted by Crippen LogP contribution is 2.34. The lowest BCUT2D eigenvalue weighted by atomic mass is 9.73. The molecule has 4 heteroatoms. The standard InChI is InChI=1S/C12H21NO3/c1-7(2)8(3)6-13-11(14)9-4-5-10(9)12(15)16/h7-10H,4-6H2,1-3H3,(H,13,14)(H,15,16). The Kier molecular flexibility index (Phi) is 4.33. The van der Waals surface area contributed by atoms with Crippen LogP contribution in [0, 0.1) is 23.7 Å². The lowest BCUT2D eigenvalue weighted by molar-refractivity contribution is -0.152. The van der Waals surface area contributed by atoms with Crippen molar-refractivity contribution in [2.75, 3.05) is 6.54 Å². The van der Waals surface area contributed by atoms with Crippen molar-refractivity contribution in [3.05, 3.63) is 0 Å². The van der Waals surface area contributed by atoms with Crippen molar-refractivity contribution in [2.24, 2.45) is 23.7 Å². The van der Waals surface area contributed by atoms with E-state index in [1.807, 2.05) is 0 Å². The largest absolute Gasteiger partial charge is 0.481 e. The Morgan fingerprint density at radius 1 is 1.25 bits per heavy atom. The molecule has 0 radical (unpaired) electrons. The molecule has 3 atom stereocenters. The molecule has 1 aliphatic rings. The van der Waals surface area contributed by atoms with Gasteiger partial charge in [-0.25, -0.2) is 0 Å². The topological polar surface area (TPSA) is 66.4 Å². The highest BCUT2D eigenvalue weighted by atomic mass is 16.4. The SMILES string of the molecule is CC(C)C(C)CNC(=O)C1CCC1C(=O)O. The van der Waals surface area contributed by atoms with E-state index in [4.69, 9.17) is 5.11 Å². The molecule has 2 N–H and O–H groups in total. The summed E-state index contributed by atoms with van der Waals surface area (Å²) in [7, 11) is 0. The predicted molar refractivity (Wildman–Crippen MR) is 60.9 cm³/mol. The number of hydrogen-bond acceptors (Lipinski definition) is 2. The number of hydrogen-bond donors (Lipinski definition) is 2. The number of carbonyl (C=O) groups is 2. The number of carboxylic acid groups (broad SMARTS) is 1. The highest BCUT2D eigenvalue weighted by Gasteiger charge is 2.41. The Bertz CT molecular complexity index is 275. The number of aliphatic carboxylic acids is 1. The molecule has 0 bridgehead atoms. The van der Waals surface area contributed by atoms with Crippen molar-refractivity contribution >= 4 is 11.9 Å². The van der Waals surface area contributed by atoms with Gasteiger partial charge in [0.2, 0.25) is 5.91 Å². The Labute approximate surface area is 96.4 Å². The summed E-state index contributed by atoms with van der Waals surface area (Å²) >= 11 is 0. The third kappa shape index (κ3) is 2.97.